The first-order valence-corrected chi connectivity index (χ1v) is 8.89. The van der Waals surface area contributed by atoms with Crippen molar-refractivity contribution in [3.05, 3.63) is 20.3 Å². The van der Waals surface area contributed by atoms with Gasteiger partial charge in [0.25, 0.3) is 0 Å². The molecule has 0 aliphatic carbocycles. The highest BCUT2D eigenvalue weighted by Crippen LogP contribution is 2.33. The predicted molar refractivity (Wildman–Crippen MR) is 90.4 cm³/mol. The summed E-state index contributed by atoms with van der Waals surface area (Å²) in [5, 5.41) is 9.41. The molecule has 2 rings (SSSR count). The lowest BCUT2D eigenvalue weighted by Crippen LogP contribution is -2.40. The van der Waals surface area contributed by atoms with Gasteiger partial charge in [-0.3, -0.25) is 9.59 Å². The zero-order valence-electron chi connectivity index (χ0n) is 12.8. The number of aryl methyl sites for hydroxylation is 1. The molecule has 0 spiro atoms. The molecule has 2 heterocycles. The molecule has 1 saturated heterocycles. The van der Waals surface area contributed by atoms with Crippen LogP contribution >= 0.6 is 34.5 Å². The monoisotopic (exact) mass is 379 g/mol. The third-order valence-electron chi connectivity index (χ3n) is 4.14. The second-order valence-electron chi connectivity index (χ2n) is 5.79. The number of carbonyl (C=O) groups is 2. The quantitative estimate of drug-likeness (QED) is 0.788. The van der Waals surface area contributed by atoms with Crippen molar-refractivity contribution in [3.8, 4) is 0 Å². The van der Waals surface area contributed by atoms with E-state index < -0.39 is 11.4 Å². The molecule has 0 saturated carbocycles. The Balaban J connectivity index is 1.85. The Hall–Kier alpha value is -0.820. The highest BCUT2D eigenvalue weighted by Gasteiger charge is 2.46. The first-order valence-electron chi connectivity index (χ1n) is 7.32. The van der Waals surface area contributed by atoms with Crippen LogP contribution in [-0.2, 0) is 20.7 Å². The van der Waals surface area contributed by atoms with E-state index in [0.717, 1.165) is 5.56 Å². The minimum absolute atomic E-state index is 0.0262. The third-order valence-corrected chi connectivity index (χ3v) is 5.71. The molecule has 1 unspecified atom stereocenters. The number of nitrogens with zero attached hydrogens (tertiary/aromatic N) is 1. The third kappa shape index (κ3) is 4.38. The van der Waals surface area contributed by atoms with Crippen molar-refractivity contribution < 1.29 is 19.4 Å². The number of hydrogen-bond donors (Lipinski definition) is 1. The van der Waals surface area contributed by atoms with Gasteiger partial charge in [0.15, 0.2) is 0 Å². The van der Waals surface area contributed by atoms with E-state index in [9.17, 15) is 14.7 Å². The smallest absolute Gasteiger partial charge is 0.313 e. The molecular weight excluding hydrogens is 361 g/mol. The Kier molecular flexibility index (Phi) is 6.31. The number of carbonyl (C=O) groups excluding carboxylic acids is 1. The number of likely N-dealkylation sites (tertiary alicyclic amines) is 1. The van der Waals surface area contributed by atoms with E-state index in [4.69, 9.17) is 27.9 Å². The molecule has 1 aliphatic rings. The van der Waals surface area contributed by atoms with Crippen LogP contribution in [0.3, 0.4) is 0 Å². The van der Waals surface area contributed by atoms with Gasteiger partial charge in [0.2, 0.25) is 5.91 Å². The number of carboxylic acid groups (broad SMARTS) is 1. The van der Waals surface area contributed by atoms with E-state index in [2.05, 4.69) is 0 Å². The molecule has 1 aliphatic heterocycles. The second kappa shape index (κ2) is 7.83. The number of rotatable bonds is 7. The molecule has 8 heteroatoms. The van der Waals surface area contributed by atoms with Crippen LogP contribution in [0.25, 0.3) is 0 Å². The van der Waals surface area contributed by atoms with Crippen molar-refractivity contribution in [2.24, 2.45) is 5.41 Å². The van der Waals surface area contributed by atoms with Gasteiger partial charge in [-0.25, -0.2) is 0 Å². The summed E-state index contributed by atoms with van der Waals surface area (Å²) in [4.78, 5) is 25.4. The Bertz CT molecular complexity index is 592. The number of carboxylic acids is 1. The van der Waals surface area contributed by atoms with Gasteiger partial charge in [-0.1, -0.05) is 23.2 Å². The molecule has 5 nitrogen and oxygen atoms in total. The fourth-order valence-electron chi connectivity index (χ4n) is 2.85. The van der Waals surface area contributed by atoms with Gasteiger partial charge in [-0.2, -0.15) is 0 Å². The van der Waals surface area contributed by atoms with Gasteiger partial charge < -0.3 is 14.7 Å². The topological polar surface area (TPSA) is 66.8 Å². The first-order chi connectivity index (χ1) is 10.9. The summed E-state index contributed by atoms with van der Waals surface area (Å²) in [6.07, 6.45) is 2.14. The number of ether oxygens (including phenoxy) is 1. The van der Waals surface area contributed by atoms with Crippen molar-refractivity contribution in [2.75, 3.05) is 26.8 Å². The molecule has 1 aromatic rings. The summed E-state index contributed by atoms with van der Waals surface area (Å²) in [5.74, 6) is -0.934. The highest BCUT2D eigenvalue weighted by molar-refractivity contribution is 7.20. The summed E-state index contributed by atoms with van der Waals surface area (Å²) < 4.78 is 6.33. The normalized spacial score (nSPS) is 20.9. The Labute approximate surface area is 149 Å². The summed E-state index contributed by atoms with van der Waals surface area (Å²) in [6, 6.07) is 1.82. The van der Waals surface area contributed by atoms with E-state index in [1.54, 1.807) is 4.90 Å². The SMILES string of the molecule is COCC1(C(=O)O)CCN(C(=O)CCCc2cc(Cl)sc2Cl)C1. The van der Waals surface area contributed by atoms with Crippen LogP contribution in [0.4, 0.5) is 0 Å². The predicted octanol–water partition coefficient (Wildman–Crippen LogP) is 3.33. The number of amides is 1. The maximum absolute atomic E-state index is 12.3. The molecular formula is C15H19Cl2NO4S. The lowest BCUT2D eigenvalue weighted by atomic mass is 9.88. The minimum Gasteiger partial charge on any atom is -0.481 e. The van der Waals surface area contributed by atoms with Crippen molar-refractivity contribution >= 4 is 46.4 Å². The van der Waals surface area contributed by atoms with Crippen LogP contribution in [0, 0.1) is 5.41 Å². The van der Waals surface area contributed by atoms with Crippen LogP contribution < -0.4 is 0 Å². The molecule has 1 fully saturated rings. The fourth-order valence-corrected chi connectivity index (χ4v) is 4.39. The zero-order chi connectivity index (χ0) is 17.0. The lowest BCUT2D eigenvalue weighted by Gasteiger charge is -2.23. The number of aliphatic carboxylic acids is 1. The molecule has 1 aromatic heterocycles. The van der Waals surface area contributed by atoms with Crippen molar-refractivity contribution in [1.82, 2.24) is 4.90 Å². The number of hydrogen-bond acceptors (Lipinski definition) is 4. The number of methoxy groups -OCH3 is 1. The average Bonchev–Trinajstić information content (AvgIpc) is 3.04. The second-order valence-corrected chi connectivity index (χ2v) is 8.07. The first kappa shape index (κ1) is 18.5. The molecule has 1 amide bonds. The summed E-state index contributed by atoms with van der Waals surface area (Å²) in [6.45, 7) is 0.786. The van der Waals surface area contributed by atoms with Crippen molar-refractivity contribution in [2.45, 2.75) is 25.7 Å². The highest BCUT2D eigenvalue weighted by atomic mass is 35.5. The maximum atomic E-state index is 12.3. The van der Waals surface area contributed by atoms with Crippen molar-refractivity contribution in [1.29, 1.82) is 0 Å². The zero-order valence-corrected chi connectivity index (χ0v) is 15.1. The Morgan fingerprint density at radius 3 is 2.78 bits per heavy atom. The van der Waals surface area contributed by atoms with Crippen LogP contribution in [0.15, 0.2) is 6.07 Å². The Morgan fingerprint density at radius 1 is 1.48 bits per heavy atom. The van der Waals surface area contributed by atoms with E-state index in [1.807, 2.05) is 6.07 Å². The summed E-state index contributed by atoms with van der Waals surface area (Å²) in [7, 11) is 1.48. The van der Waals surface area contributed by atoms with Crippen LogP contribution in [0.2, 0.25) is 8.67 Å². The number of thiophene rings is 1. The number of halogens is 2. The van der Waals surface area contributed by atoms with Gasteiger partial charge in [-0.05, 0) is 30.9 Å². The molecule has 1 N–H and O–H groups in total. The van der Waals surface area contributed by atoms with E-state index in [-0.39, 0.29) is 19.1 Å². The molecule has 23 heavy (non-hydrogen) atoms. The van der Waals surface area contributed by atoms with E-state index >= 15 is 0 Å². The van der Waals surface area contributed by atoms with Gasteiger partial charge in [0.05, 0.1) is 15.3 Å². The molecule has 0 radical (unpaired) electrons. The Morgan fingerprint density at radius 2 is 2.22 bits per heavy atom. The summed E-state index contributed by atoms with van der Waals surface area (Å²) in [5.41, 5.74) is -0.0237. The maximum Gasteiger partial charge on any atom is 0.313 e. The van der Waals surface area contributed by atoms with Crippen LogP contribution in [-0.4, -0.2) is 48.7 Å². The van der Waals surface area contributed by atoms with Crippen LogP contribution in [0.5, 0.6) is 0 Å². The van der Waals surface area contributed by atoms with Crippen LogP contribution in [0.1, 0.15) is 24.8 Å². The molecule has 0 aromatic carbocycles. The van der Waals surface area contributed by atoms with Gasteiger partial charge in [0.1, 0.15) is 5.41 Å². The van der Waals surface area contributed by atoms with Gasteiger partial charge in [0, 0.05) is 26.6 Å². The lowest BCUT2D eigenvalue weighted by molar-refractivity contribution is -0.151. The largest absolute Gasteiger partial charge is 0.481 e. The minimum atomic E-state index is -0.978. The van der Waals surface area contributed by atoms with Gasteiger partial charge in [-0.15, -0.1) is 11.3 Å². The summed E-state index contributed by atoms with van der Waals surface area (Å²) >= 11 is 13.3. The van der Waals surface area contributed by atoms with E-state index in [1.165, 1.54) is 18.4 Å². The molecule has 0 bridgehead atoms. The standard InChI is InChI=1S/C15H19Cl2NO4S/c1-22-9-15(14(20)21)5-6-18(8-15)12(19)4-2-3-10-7-11(16)23-13(10)17/h7H,2-6,8-9H2,1H3,(H,20,21). The van der Waals surface area contributed by atoms with Crippen molar-refractivity contribution in [3.63, 3.8) is 0 Å². The molecule has 128 valence electrons. The van der Waals surface area contributed by atoms with E-state index in [0.29, 0.717) is 40.9 Å². The molecule has 1 atom stereocenters. The fraction of sp³-hybridized carbons (Fsp3) is 0.600. The van der Waals surface area contributed by atoms with Gasteiger partial charge >= 0.3 is 5.97 Å². The average molecular weight is 380 g/mol.